The molecule has 13 rings (SSSR count). The van der Waals surface area contributed by atoms with E-state index in [9.17, 15) is 0 Å². The smallest absolute Gasteiger partial charge is 0.164 e. The zero-order chi connectivity index (χ0) is 41.4. The molecule has 4 aromatic heterocycles. The van der Waals surface area contributed by atoms with Crippen molar-refractivity contribution in [3.63, 3.8) is 0 Å². The van der Waals surface area contributed by atoms with E-state index in [1.165, 1.54) is 32.6 Å². The van der Waals surface area contributed by atoms with Crippen molar-refractivity contribution in [2.75, 3.05) is 0 Å². The Morgan fingerprint density at radius 1 is 0.365 bits per heavy atom. The summed E-state index contributed by atoms with van der Waals surface area (Å²) in [6.45, 7) is 0. The molecule has 6 heteroatoms. The molecule has 0 N–H and O–H groups in total. The summed E-state index contributed by atoms with van der Waals surface area (Å²) < 4.78 is 11.1. The number of fused-ring (bicyclic) bond motifs is 9. The zero-order valence-corrected chi connectivity index (χ0v) is 34.1. The molecule has 12 aromatic rings. The average Bonchev–Trinajstić information content (AvgIpc) is 4.00. The van der Waals surface area contributed by atoms with Gasteiger partial charge in [-0.15, -0.1) is 0 Å². The Morgan fingerprint density at radius 3 is 1.63 bits per heavy atom. The molecule has 63 heavy (non-hydrogen) atoms. The van der Waals surface area contributed by atoms with Crippen LogP contribution in [-0.2, 0) is 0 Å². The van der Waals surface area contributed by atoms with Crippen LogP contribution < -0.4 is 0 Å². The van der Waals surface area contributed by atoms with Gasteiger partial charge >= 0.3 is 0 Å². The Balaban J connectivity index is 0.874. The van der Waals surface area contributed by atoms with Crippen molar-refractivity contribution in [2.24, 2.45) is 0 Å². The van der Waals surface area contributed by atoms with Crippen LogP contribution in [0.25, 0.3) is 116 Å². The molecule has 0 radical (unpaired) electrons. The van der Waals surface area contributed by atoms with E-state index in [0.29, 0.717) is 17.5 Å². The highest BCUT2D eigenvalue weighted by Crippen LogP contribution is 2.40. The first-order chi connectivity index (χ1) is 31.2. The van der Waals surface area contributed by atoms with Crippen LogP contribution in [-0.4, -0.2) is 24.1 Å². The standard InChI is InChI=1S/C57H37N5O/c1-3-13-38(14-4-1)55-58-56(39-15-5-2-6-16-39)60-57(59-55)40-25-23-36(24-26-40)37-27-29-41(30-28-37)61-49-20-10-7-17-43(49)46-33-42(31-32-51(46)61)62-50-21-11-8-18-44(50)47-35-54-48(34-52(47)62)45-19-9-12-22-53(45)63-54/h1,3-5,7-35H,2,6H2. The molecule has 1 aliphatic rings. The van der Waals surface area contributed by atoms with Gasteiger partial charge < -0.3 is 13.6 Å². The zero-order valence-electron chi connectivity index (χ0n) is 34.1. The highest BCUT2D eigenvalue weighted by Gasteiger charge is 2.19. The minimum absolute atomic E-state index is 0.664. The number of para-hydroxylation sites is 3. The van der Waals surface area contributed by atoms with Gasteiger partial charge in [0.15, 0.2) is 17.5 Å². The number of rotatable bonds is 6. The molecular weight excluding hydrogens is 771 g/mol. The third-order valence-corrected chi connectivity index (χ3v) is 12.6. The fraction of sp³-hybridized carbons (Fsp3) is 0.0351. The number of benzene rings is 8. The Labute approximate surface area is 362 Å². The van der Waals surface area contributed by atoms with Crippen LogP contribution in [0.4, 0.5) is 0 Å². The fourth-order valence-electron chi connectivity index (χ4n) is 9.59. The van der Waals surface area contributed by atoms with E-state index in [2.05, 4.69) is 167 Å². The van der Waals surface area contributed by atoms with Gasteiger partial charge in [0.1, 0.15) is 11.2 Å². The quantitative estimate of drug-likeness (QED) is 0.168. The van der Waals surface area contributed by atoms with E-state index < -0.39 is 0 Å². The maximum absolute atomic E-state index is 6.34. The third kappa shape index (κ3) is 5.76. The third-order valence-electron chi connectivity index (χ3n) is 12.6. The van der Waals surface area contributed by atoms with Gasteiger partial charge in [0, 0.05) is 60.4 Å². The molecule has 0 unspecified atom stereocenters. The summed E-state index contributed by atoms with van der Waals surface area (Å²) in [4.78, 5) is 14.8. The van der Waals surface area contributed by atoms with Gasteiger partial charge in [0.2, 0.25) is 0 Å². The van der Waals surface area contributed by atoms with Crippen LogP contribution in [0.1, 0.15) is 18.7 Å². The summed E-state index contributed by atoms with van der Waals surface area (Å²) in [5.74, 6) is 2.04. The first kappa shape index (κ1) is 35.4. The van der Waals surface area contributed by atoms with Crippen molar-refractivity contribution < 1.29 is 4.42 Å². The van der Waals surface area contributed by atoms with Crippen molar-refractivity contribution in [1.29, 1.82) is 0 Å². The van der Waals surface area contributed by atoms with Gasteiger partial charge in [0.25, 0.3) is 0 Å². The van der Waals surface area contributed by atoms with Gasteiger partial charge in [0.05, 0.1) is 22.1 Å². The Bertz CT molecular complexity index is 3830. The van der Waals surface area contributed by atoms with Crippen molar-refractivity contribution in [1.82, 2.24) is 24.1 Å². The van der Waals surface area contributed by atoms with E-state index in [1.807, 2.05) is 42.5 Å². The highest BCUT2D eigenvalue weighted by atomic mass is 16.3. The van der Waals surface area contributed by atoms with Gasteiger partial charge in [-0.25, -0.2) is 15.0 Å². The monoisotopic (exact) mass is 807 g/mol. The topological polar surface area (TPSA) is 61.7 Å². The van der Waals surface area contributed by atoms with Gasteiger partial charge in [-0.3, -0.25) is 0 Å². The van der Waals surface area contributed by atoms with Crippen molar-refractivity contribution in [3.8, 4) is 45.3 Å². The lowest BCUT2D eigenvalue weighted by atomic mass is 10.0. The fourth-order valence-corrected chi connectivity index (χ4v) is 9.59. The van der Waals surface area contributed by atoms with Crippen LogP contribution in [0, 0.1) is 0 Å². The summed E-state index contributed by atoms with van der Waals surface area (Å²) >= 11 is 0. The first-order valence-electron chi connectivity index (χ1n) is 21.5. The summed E-state index contributed by atoms with van der Waals surface area (Å²) in [7, 11) is 0. The molecule has 8 aromatic carbocycles. The minimum Gasteiger partial charge on any atom is -0.456 e. The predicted molar refractivity (Wildman–Crippen MR) is 258 cm³/mol. The lowest BCUT2D eigenvalue weighted by molar-refractivity contribution is 0.669. The van der Waals surface area contributed by atoms with E-state index >= 15 is 0 Å². The van der Waals surface area contributed by atoms with E-state index in [4.69, 9.17) is 19.4 Å². The second kappa shape index (κ2) is 14.1. The van der Waals surface area contributed by atoms with E-state index in [1.54, 1.807) is 0 Å². The average molecular weight is 808 g/mol. The number of furan rings is 1. The number of hydrogen-bond donors (Lipinski definition) is 0. The molecule has 0 saturated carbocycles. The Morgan fingerprint density at radius 2 is 0.921 bits per heavy atom. The van der Waals surface area contributed by atoms with Crippen LogP contribution >= 0.6 is 0 Å². The van der Waals surface area contributed by atoms with Crippen molar-refractivity contribution in [3.05, 3.63) is 206 Å². The molecule has 0 saturated heterocycles. The summed E-state index contributed by atoms with van der Waals surface area (Å²) in [5, 5.41) is 7.05. The van der Waals surface area contributed by atoms with Gasteiger partial charge in [-0.05, 0) is 84.6 Å². The molecule has 1 aliphatic carbocycles. The molecule has 4 heterocycles. The maximum Gasteiger partial charge on any atom is 0.164 e. The van der Waals surface area contributed by atoms with Crippen LogP contribution in [0.3, 0.4) is 0 Å². The molecule has 0 spiro atoms. The van der Waals surface area contributed by atoms with Crippen LogP contribution in [0.5, 0.6) is 0 Å². The number of allylic oxidation sites excluding steroid dienone is 4. The normalized spacial score (nSPS) is 13.0. The lowest BCUT2D eigenvalue weighted by Crippen LogP contribution is -2.03. The number of hydrogen-bond acceptors (Lipinski definition) is 4. The molecule has 6 nitrogen and oxygen atoms in total. The summed E-state index contributed by atoms with van der Waals surface area (Å²) in [6, 6.07) is 64.7. The van der Waals surface area contributed by atoms with Crippen LogP contribution in [0.15, 0.2) is 205 Å². The highest BCUT2D eigenvalue weighted by molar-refractivity contribution is 6.17. The molecular formula is C57H37N5O. The van der Waals surface area contributed by atoms with Crippen LogP contribution in [0.2, 0.25) is 0 Å². The molecule has 0 fully saturated rings. The SMILES string of the molecule is C1=CC(c2nc(-c3ccccc3)nc(-c3ccc(-c4ccc(-n5c6ccccc6c6cc(-n7c8ccccc8c8cc9oc%10ccccc%10c9cc87)ccc65)cc4)cc3)n2)=CCC1. The summed E-state index contributed by atoms with van der Waals surface area (Å²) in [5.41, 5.74) is 13.9. The molecule has 0 bridgehead atoms. The van der Waals surface area contributed by atoms with Crippen molar-refractivity contribution >= 4 is 71.1 Å². The Hall–Kier alpha value is -8.35. The van der Waals surface area contributed by atoms with E-state index in [-0.39, 0.29) is 0 Å². The van der Waals surface area contributed by atoms with Gasteiger partial charge in [-0.2, -0.15) is 0 Å². The molecule has 0 aliphatic heterocycles. The second-order valence-corrected chi connectivity index (χ2v) is 16.3. The van der Waals surface area contributed by atoms with E-state index in [0.717, 1.165) is 85.0 Å². The summed E-state index contributed by atoms with van der Waals surface area (Å²) in [6.07, 6.45) is 8.54. The first-order valence-corrected chi connectivity index (χ1v) is 21.5. The molecule has 0 amide bonds. The minimum atomic E-state index is 0.664. The second-order valence-electron chi connectivity index (χ2n) is 16.3. The lowest BCUT2D eigenvalue weighted by Gasteiger charge is -2.12. The molecule has 0 atom stereocenters. The number of nitrogens with zero attached hydrogens (tertiary/aromatic N) is 5. The van der Waals surface area contributed by atoms with Gasteiger partial charge in [-0.1, -0.05) is 140 Å². The maximum atomic E-state index is 6.34. The largest absolute Gasteiger partial charge is 0.456 e. The molecule has 296 valence electrons. The predicted octanol–water partition coefficient (Wildman–Crippen LogP) is 14.7. The number of aromatic nitrogens is 5. The Kier molecular flexibility index (Phi) is 7.93. The van der Waals surface area contributed by atoms with Crippen molar-refractivity contribution in [2.45, 2.75) is 12.8 Å².